The van der Waals surface area contributed by atoms with E-state index in [1.54, 1.807) is 13.8 Å². The van der Waals surface area contributed by atoms with Crippen LogP contribution in [-0.4, -0.2) is 105 Å². The lowest BCUT2D eigenvalue weighted by Crippen LogP contribution is -2.63. The van der Waals surface area contributed by atoms with Gasteiger partial charge in [-0.15, -0.1) is 0 Å². The van der Waals surface area contributed by atoms with E-state index in [0.717, 1.165) is 10.5 Å². The minimum Gasteiger partial charge on any atom is -0.394 e. The number of rotatable bonds is 6. The van der Waals surface area contributed by atoms with Crippen molar-refractivity contribution in [1.29, 1.82) is 0 Å². The Bertz CT molecular complexity index is 790. The van der Waals surface area contributed by atoms with Crippen molar-refractivity contribution in [1.82, 2.24) is 0 Å². The quantitative estimate of drug-likeness (QED) is 0.353. The minimum atomic E-state index is -1.43. The average Bonchev–Trinajstić information content (AvgIpc) is 3.12. The molecule has 11 heteroatoms. The molecule has 3 aliphatic rings. The summed E-state index contributed by atoms with van der Waals surface area (Å²) < 4.78 is 28.9. The predicted molar refractivity (Wildman–Crippen MR) is 115 cm³/mol. The smallest absolute Gasteiger partial charge is 0.187 e. The standard InChI is InChI=1S/C22H32O10S/c1-10-4-6-11(7-5-10)33-21-15(26)14(25)17(12(8-23)29-21)30-20-16(27)19-18(13(9-24)28-20)31-22(2,3)32-19/h4-7,12-21,23-27H,8-9H2,1-3H3/t12-,13-,14-,15-,16-,17-,18+,19-,20+,21+/m1/s1. The number of hydrogen-bond acceptors (Lipinski definition) is 11. The normalized spacial score (nSPS) is 42.8. The molecule has 0 bridgehead atoms. The van der Waals surface area contributed by atoms with E-state index in [4.69, 9.17) is 23.7 Å². The third kappa shape index (κ3) is 5.24. The second-order valence-electron chi connectivity index (χ2n) is 9.02. The van der Waals surface area contributed by atoms with E-state index in [1.807, 2.05) is 31.2 Å². The van der Waals surface area contributed by atoms with Crippen LogP contribution in [0.1, 0.15) is 19.4 Å². The van der Waals surface area contributed by atoms with Gasteiger partial charge in [0, 0.05) is 4.90 Å². The van der Waals surface area contributed by atoms with Crippen LogP contribution in [0.15, 0.2) is 29.2 Å². The van der Waals surface area contributed by atoms with Crippen LogP contribution in [0.3, 0.4) is 0 Å². The van der Waals surface area contributed by atoms with E-state index in [2.05, 4.69) is 0 Å². The molecule has 0 radical (unpaired) electrons. The van der Waals surface area contributed by atoms with Gasteiger partial charge in [0.15, 0.2) is 12.1 Å². The van der Waals surface area contributed by atoms with Gasteiger partial charge in [0.1, 0.15) is 54.3 Å². The van der Waals surface area contributed by atoms with Crippen LogP contribution in [0.2, 0.25) is 0 Å². The maximum absolute atomic E-state index is 10.8. The fraction of sp³-hybridized carbons (Fsp3) is 0.727. The van der Waals surface area contributed by atoms with Crippen LogP contribution < -0.4 is 0 Å². The number of hydrogen-bond donors (Lipinski definition) is 5. The van der Waals surface area contributed by atoms with Crippen molar-refractivity contribution in [2.24, 2.45) is 0 Å². The van der Waals surface area contributed by atoms with E-state index in [0.29, 0.717) is 0 Å². The summed E-state index contributed by atoms with van der Waals surface area (Å²) in [5, 5.41) is 52.0. The molecule has 3 fully saturated rings. The number of ether oxygens (including phenoxy) is 5. The second-order valence-corrected chi connectivity index (χ2v) is 10.2. The molecule has 1 aromatic carbocycles. The van der Waals surface area contributed by atoms with Gasteiger partial charge in [-0.3, -0.25) is 0 Å². The molecule has 4 rings (SSSR count). The zero-order chi connectivity index (χ0) is 23.9. The average molecular weight is 489 g/mol. The van der Waals surface area contributed by atoms with Crippen molar-refractivity contribution in [3.8, 4) is 0 Å². The van der Waals surface area contributed by atoms with Crippen molar-refractivity contribution in [3.05, 3.63) is 29.8 Å². The van der Waals surface area contributed by atoms with Gasteiger partial charge in [-0.25, -0.2) is 0 Å². The van der Waals surface area contributed by atoms with Crippen molar-refractivity contribution in [3.63, 3.8) is 0 Å². The van der Waals surface area contributed by atoms with Crippen molar-refractivity contribution in [2.45, 2.75) is 92.0 Å². The Kier molecular flexibility index (Phi) is 7.68. The van der Waals surface area contributed by atoms with Crippen molar-refractivity contribution >= 4 is 11.8 Å². The summed E-state index contributed by atoms with van der Waals surface area (Å²) in [5.74, 6) is -0.986. The van der Waals surface area contributed by atoms with Crippen LogP contribution in [0, 0.1) is 6.92 Å². The lowest BCUT2D eigenvalue weighted by molar-refractivity contribution is -0.327. The minimum absolute atomic E-state index is 0.405. The largest absolute Gasteiger partial charge is 0.394 e. The van der Waals surface area contributed by atoms with Crippen molar-refractivity contribution < 1.29 is 49.2 Å². The molecule has 186 valence electrons. The highest BCUT2D eigenvalue weighted by atomic mass is 32.2. The van der Waals surface area contributed by atoms with E-state index >= 15 is 0 Å². The first-order chi connectivity index (χ1) is 15.6. The topological polar surface area (TPSA) is 147 Å². The number of thioether (sulfide) groups is 1. The summed E-state index contributed by atoms with van der Waals surface area (Å²) in [6.45, 7) is 4.43. The first kappa shape index (κ1) is 25.3. The molecule has 33 heavy (non-hydrogen) atoms. The van der Waals surface area contributed by atoms with Crippen molar-refractivity contribution in [2.75, 3.05) is 13.2 Å². The number of aliphatic hydroxyl groups excluding tert-OH is 5. The molecule has 3 heterocycles. The van der Waals surface area contributed by atoms with Crippen LogP contribution in [0.25, 0.3) is 0 Å². The van der Waals surface area contributed by atoms with Gasteiger partial charge >= 0.3 is 0 Å². The highest BCUT2D eigenvalue weighted by molar-refractivity contribution is 7.99. The Morgan fingerprint density at radius 2 is 1.52 bits per heavy atom. The maximum Gasteiger partial charge on any atom is 0.187 e. The lowest BCUT2D eigenvalue weighted by atomic mass is 9.97. The van der Waals surface area contributed by atoms with Gasteiger partial charge in [-0.1, -0.05) is 29.5 Å². The van der Waals surface area contributed by atoms with Gasteiger partial charge < -0.3 is 49.2 Å². The Morgan fingerprint density at radius 1 is 0.879 bits per heavy atom. The second kappa shape index (κ2) is 10.0. The molecule has 1 aromatic rings. The fourth-order valence-corrected chi connectivity index (χ4v) is 5.40. The molecule has 10 atom stereocenters. The van der Waals surface area contributed by atoms with Crippen LogP contribution in [0.4, 0.5) is 0 Å². The number of benzene rings is 1. The first-order valence-electron chi connectivity index (χ1n) is 10.9. The van der Waals surface area contributed by atoms with Gasteiger partial charge in [0.05, 0.1) is 13.2 Å². The Labute approximate surface area is 196 Å². The summed E-state index contributed by atoms with van der Waals surface area (Å²) in [6.07, 6.45) is -9.96. The zero-order valence-electron chi connectivity index (χ0n) is 18.7. The monoisotopic (exact) mass is 488 g/mol. The fourth-order valence-electron chi connectivity index (χ4n) is 4.34. The number of fused-ring (bicyclic) bond motifs is 1. The molecule has 0 saturated carbocycles. The summed E-state index contributed by atoms with van der Waals surface area (Å²) >= 11 is 1.22. The molecule has 0 amide bonds. The predicted octanol–water partition coefficient (Wildman–Crippen LogP) is -0.490. The Hall–Kier alpha value is -0.830. The molecule has 5 N–H and O–H groups in total. The molecule has 0 aromatic heterocycles. The molecular weight excluding hydrogens is 456 g/mol. The summed E-state index contributed by atoms with van der Waals surface area (Å²) in [6, 6.07) is 7.60. The maximum atomic E-state index is 10.8. The van der Waals surface area contributed by atoms with E-state index in [1.165, 1.54) is 11.8 Å². The summed E-state index contributed by atoms with van der Waals surface area (Å²) in [5.41, 5.74) is 0.236. The molecule has 10 nitrogen and oxygen atoms in total. The highest BCUT2D eigenvalue weighted by Crippen LogP contribution is 2.40. The van der Waals surface area contributed by atoms with Gasteiger partial charge in [-0.05, 0) is 32.9 Å². The molecule has 3 saturated heterocycles. The van der Waals surface area contributed by atoms with Gasteiger partial charge in [0.25, 0.3) is 0 Å². The number of aliphatic hydroxyl groups is 5. The molecule has 0 unspecified atom stereocenters. The summed E-state index contributed by atoms with van der Waals surface area (Å²) in [4.78, 5) is 0.830. The first-order valence-corrected chi connectivity index (χ1v) is 11.8. The summed E-state index contributed by atoms with van der Waals surface area (Å²) in [7, 11) is 0. The van der Waals surface area contributed by atoms with Crippen LogP contribution in [-0.2, 0) is 23.7 Å². The third-order valence-electron chi connectivity index (χ3n) is 6.02. The molecular formula is C22H32O10S. The zero-order valence-corrected chi connectivity index (χ0v) is 19.5. The number of aryl methyl sites for hydroxylation is 1. The Morgan fingerprint density at radius 3 is 2.15 bits per heavy atom. The van der Waals surface area contributed by atoms with Gasteiger partial charge in [-0.2, -0.15) is 0 Å². The highest BCUT2D eigenvalue weighted by Gasteiger charge is 2.56. The third-order valence-corrected chi connectivity index (χ3v) is 7.19. The lowest BCUT2D eigenvalue weighted by Gasteiger charge is -2.45. The van der Waals surface area contributed by atoms with Crippen LogP contribution in [0.5, 0.6) is 0 Å². The SMILES string of the molecule is Cc1ccc(S[C@@H]2O[C@H](CO)[C@@H](O[C@@H]3O[C@H](CO)[C@@H]4OC(C)(C)O[C@@H]4[C@H]3O)[C@H](O)[C@H]2O)cc1. The van der Waals surface area contributed by atoms with Crippen LogP contribution >= 0.6 is 11.8 Å². The van der Waals surface area contributed by atoms with E-state index in [-0.39, 0.29) is 0 Å². The Balaban J connectivity index is 1.46. The molecule has 3 aliphatic heterocycles. The molecule has 0 spiro atoms. The van der Waals surface area contributed by atoms with E-state index in [9.17, 15) is 25.5 Å². The molecule has 0 aliphatic carbocycles. The van der Waals surface area contributed by atoms with E-state index < -0.39 is 79.6 Å². The van der Waals surface area contributed by atoms with Gasteiger partial charge in [0.2, 0.25) is 0 Å².